The summed E-state index contributed by atoms with van der Waals surface area (Å²) in [6.45, 7) is 2.05. The molecule has 0 saturated carbocycles. The molecule has 100 valence electrons. The van der Waals surface area contributed by atoms with Gasteiger partial charge >= 0.3 is 0 Å². The van der Waals surface area contributed by atoms with Crippen LogP contribution in [0.15, 0.2) is 41.1 Å². The molecular weight excluding hydrogens is 316 g/mol. The number of hydrogen-bond donors (Lipinski definition) is 1. The monoisotopic (exact) mass is 328 g/mol. The minimum atomic E-state index is 0.677. The number of halogens is 1. The van der Waals surface area contributed by atoms with Gasteiger partial charge in [-0.05, 0) is 36.8 Å². The molecule has 0 radical (unpaired) electrons. The Labute approximate surface area is 125 Å². The molecule has 20 heavy (non-hydrogen) atoms. The third-order valence-electron chi connectivity index (χ3n) is 3.21. The van der Waals surface area contributed by atoms with E-state index in [2.05, 4.69) is 31.2 Å². The quantitative estimate of drug-likeness (QED) is 0.777. The number of rotatable bonds is 2. The zero-order valence-electron chi connectivity index (χ0n) is 11.2. The van der Waals surface area contributed by atoms with Crippen molar-refractivity contribution >= 4 is 32.7 Å². The average molecular weight is 329 g/mol. The second-order valence-electron chi connectivity index (χ2n) is 4.46. The van der Waals surface area contributed by atoms with E-state index in [0.717, 1.165) is 32.3 Å². The Morgan fingerprint density at radius 3 is 2.70 bits per heavy atom. The van der Waals surface area contributed by atoms with E-state index >= 15 is 0 Å². The number of anilines is 1. The van der Waals surface area contributed by atoms with Crippen LogP contribution in [-0.4, -0.2) is 22.0 Å². The van der Waals surface area contributed by atoms with Crippen molar-refractivity contribution in [1.29, 1.82) is 0 Å². The van der Waals surface area contributed by atoms with Crippen molar-refractivity contribution in [3.63, 3.8) is 0 Å². The molecule has 5 heteroatoms. The number of aryl methyl sites for hydroxylation is 1. The molecule has 4 nitrogen and oxygen atoms in total. The zero-order chi connectivity index (χ0) is 14.1. The fraction of sp³-hybridized carbons (Fsp3) is 0.133. The van der Waals surface area contributed by atoms with Crippen LogP contribution in [-0.2, 0) is 0 Å². The van der Waals surface area contributed by atoms with Crippen molar-refractivity contribution in [1.82, 2.24) is 15.0 Å². The van der Waals surface area contributed by atoms with Crippen LogP contribution in [0.5, 0.6) is 0 Å². The number of nitrogens with zero attached hydrogens (tertiary/aromatic N) is 3. The molecule has 0 atom stereocenters. The Morgan fingerprint density at radius 2 is 2.00 bits per heavy atom. The first-order valence-electron chi connectivity index (χ1n) is 6.25. The molecule has 0 aliphatic rings. The van der Waals surface area contributed by atoms with Crippen molar-refractivity contribution in [2.24, 2.45) is 0 Å². The predicted octanol–water partition coefficient (Wildman–Crippen LogP) is 3.80. The first-order chi connectivity index (χ1) is 9.70. The van der Waals surface area contributed by atoms with E-state index in [9.17, 15) is 0 Å². The van der Waals surface area contributed by atoms with Gasteiger partial charge in [-0.15, -0.1) is 0 Å². The van der Waals surface area contributed by atoms with Crippen LogP contribution in [0.4, 0.5) is 5.82 Å². The van der Waals surface area contributed by atoms with E-state index in [0.29, 0.717) is 5.82 Å². The molecule has 2 heterocycles. The summed E-state index contributed by atoms with van der Waals surface area (Å²) in [5.41, 5.74) is 2.95. The molecule has 0 fully saturated rings. The maximum Gasteiger partial charge on any atom is 0.163 e. The van der Waals surface area contributed by atoms with Crippen LogP contribution in [0.3, 0.4) is 0 Å². The van der Waals surface area contributed by atoms with Crippen LogP contribution >= 0.6 is 15.9 Å². The van der Waals surface area contributed by atoms with Gasteiger partial charge in [0.05, 0.1) is 5.52 Å². The van der Waals surface area contributed by atoms with E-state index < -0.39 is 0 Å². The molecule has 0 spiro atoms. The lowest BCUT2D eigenvalue weighted by atomic mass is 10.1. The molecule has 1 aromatic carbocycles. The summed E-state index contributed by atoms with van der Waals surface area (Å²) >= 11 is 3.55. The normalized spacial score (nSPS) is 10.8. The molecular formula is C15H13BrN4. The Hall–Kier alpha value is -2.01. The van der Waals surface area contributed by atoms with Crippen molar-refractivity contribution in [3.05, 3.63) is 46.7 Å². The van der Waals surface area contributed by atoms with Gasteiger partial charge < -0.3 is 5.32 Å². The number of fused-ring (bicyclic) bond motifs is 1. The molecule has 0 saturated heterocycles. The Balaban J connectivity index is 2.33. The minimum Gasteiger partial charge on any atom is -0.373 e. The maximum absolute atomic E-state index is 4.69. The molecule has 3 rings (SSSR count). The molecule has 3 aromatic rings. The third-order valence-corrected chi connectivity index (χ3v) is 4.07. The lowest BCUT2D eigenvalue weighted by molar-refractivity contribution is 1.19. The number of pyridine rings is 1. The predicted molar refractivity (Wildman–Crippen MR) is 84.8 cm³/mol. The van der Waals surface area contributed by atoms with Crippen LogP contribution < -0.4 is 5.32 Å². The highest BCUT2D eigenvalue weighted by Crippen LogP contribution is 2.30. The van der Waals surface area contributed by atoms with E-state index in [-0.39, 0.29) is 0 Å². The second kappa shape index (κ2) is 5.17. The first-order valence-corrected chi connectivity index (χ1v) is 7.05. The highest BCUT2D eigenvalue weighted by atomic mass is 79.9. The van der Waals surface area contributed by atoms with E-state index in [4.69, 9.17) is 4.98 Å². The van der Waals surface area contributed by atoms with Crippen molar-refractivity contribution in [3.8, 4) is 11.4 Å². The summed E-state index contributed by atoms with van der Waals surface area (Å²) < 4.78 is 1.04. The lowest BCUT2D eigenvalue weighted by Gasteiger charge is -2.10. The topological polar surface area (TPSA) is 50.7 Å². The molecule has 0 amide bonds. The summed E-state index contributed by atoms with van der Waals surface area (Å²) in [6.07, 6.45) is 3.51. The fourth-order valence-corrected chi connectivity index (χ4v) is 2.44. The number of benzene rings is 1. The molecule has 0 unspecified atom stereocenters. The average Bonchev–Trinajstić information content (AvgIpc) is 2.51. The number of nitrogens with one attached hydrogen (secondary N) is 1. The van der Waals surface area contributed by atoms with Gasteiger partial charge in [0, 0.05) is 34.9 Å². The standard InChI is InChI=1S/C15H13BrN4/c1-9-12(16)6-5-11-13(9)19-14(20-15(11)17-2)10-4-3-7-18-8-10/h3-8H,1-2H3,(H,17,19,20). The van der Waals surface area contributed by atoms with Gasteiger partial charge in [0.25, 0.3) is 0 Å². The van der Waals surface area contributed by atoms with Gasteiger partial charge in [-0.3, -0.25) is 4.98 Å². The third kappa shape index (κ3) is 2.14. The van der Waals surface area contributed by atoms with Crippen LogP contribution in [0.2, 0.25) is 0 Å². The molecule has 0 aliphatic heterocycles. The van der Waals surface area contributed by atoms with Crippen molar-refractivity contribution in [2.75, 3.05) is 12.4 Å². The largest absolute Gasteiger partial charge is 0.373 e. The SMILES string of the molecule is CNc1nc(-c2cccnc2)nc2c(C)c(Br)ccc12. The zero-order valence-corrected chi connectivity index (χ0v) is 12.8. The van der Waals surface area contributed by atoms with Crippen LogP contribution in [0.1, 0.15) is 5.56 Å². The molecule has 0 bridgehead atoms. The van der Waals surface area contributed by atoms with E-state index in [1.807, 2.05) is 38.2 Å². The molecule has 2 aromatic heterocycles. The summed E-state index contributed by atoms with van der Waals surface area (Å²) in [6, 6.07) is 7.88. The van der Waals surface area contributed by atoms with Gasteiger partial charge in [-0.25, -0.2) is 9.97 Å². The Morgan fingerprint density at radius 1 is 1.15 bits per heavy atom. The Kier molecular flexibility index (Phi) is 3.36. The lowest BCUT2D eigenvalue weighted by Crippen LogP contribution is -2.00. The highest BCUT2D eigenvalue weighted by molar-refractivity contribution is 9.10. The minimum absolute atomic E-state index is 0.677. The fourth-order valence-electron chi connectivity index (χ4n) is 2.12. The first kappa shape index (κ1) is 13.0. The van der Waals surface area contributed by atoms with Gasteiger partial charge in [0.1, 0.15) is 5.82 Å². The van der Waals surface area contributed by atoms with E-state index in [1.165, 1.54) is 0 Å². The van der Waals surface area contributed by atoms with Gasteiger partial charge in [-0.2, -0.15) is 0 Å². The number of aromatic nitrogens is 3. The summed E-state index contributed by atoms with van der Waals surface area (Å²) in [4.78, 5) is 13.4. The van der Waals surface area contributed by atoms with Gasteiger partial charge in [0.2, 0.25) is 0 Å². The molecule has 1 N–H and O–H groups in total. The smallest absolute Gasteiger partial charge is 0.163 e. The highest BCUT2D eigenvalue weighted by Gasteiger charge is 2.11. The molecule has 0 aliphatic carbocycles. The summed E-state index contributed by atoms with van der Waals surface area (Å²) in [7, 11) is 1.87. The summed E-state index contributed by atoms with van der Waals surface area (Å²) in [5, 5.41) is 4.15. The Bertz CT molecular complexity index is 772. The van der Waals surface area contributed by atoms with E-state index in [1.54, 1.807) is 12.4 Å². The van der Waals surface area contributed by atoms with Gasteiger partial charge in [-0.1, -0.05) is 15.9 Å². The van der Waals surface area contributed by atoms with Gasteiger partial charge in [0.15, 0.2) is 5.82 Å². The second-order valence-corrected chi connectivity index (χ2v) is 5.31. The van der Waals surface area contributed by atoms with Crippen LogP contribution in [0, 0.1) is 6.92 Å². The van der Waals surface area contributed by atoms with Crippen LogP contribution in [0.25, 0.3) is 22.3 Å². The number of hydrogen-bond acceptors (Lipinski definition) is 4. The summed E-state index contributed by atoms with van der Waals surface area (Å²) in [5.74, 6) is 1.50. The van der Waals surface area contributed by atoms with Crippen molar-refractivity contribution < 1.29 is 0 Å². The van der Waals surface area contributed by atoms with Crippen molar-refractivity contribution in [2.45, 2.75) is 6.92 Å². The maximum atomic E-state index is 4.69.